The molecule has 0 bridgehead atoms. The minimum Gasteiger partial charge on any atom is -0.748 e. The van der Waals surface area contributed by atoms with Gasteiger partial charge in [0.1, 0.15) is 0 Å². The summed E-state index contributed by atoms with van der Waals surface area (Å²) in [5, 5.41) is 16.1. The van der Waals surface area contributed by atoms with Gasteiger partial charge < -0.3 is 20.9 Å². The topological polar surface area (TPSA) is 134 Å². The summed E-state index contributed by atoms with van der Waals surface area (Å²) in [6.45, 7) is 0. The van der Waals surface area contributed by atoms with Crippen LogP contribution in [0.3, 0.4) is 0 Å². The molecule has 0 heterocycles. The molecule has 0 amide bonds. The van der Waals surface area contributed by atoms with Crippen LogP contribution in [-0.4, -0.2) is 35.2 Å². The Morgan fingerprint density at radius 1 is 1.40 bits per heavy atom. The van der Waals surface area contributed by atoms with Gasteiger partial charge in [-0.25, -0.2) is 8.42 Å². The highest BCUT2D eigenvalue weighted by atomic mass is 32.2. The van der Waals surface area contributed by atoms with Gasteiger partial charge >= 0.3 is 0 Å². The van der Waals surface area contributed by atoms with E-state index in [-0.39, 0.29) is 6.15 Å². The Kier molecular flexibility index (Phi) is 5.71. The molecular formula is C3H11NO5S. The van der Waals surface area contributed by atoms with Crippen LogP contribution in [0.25, 0.3) is 0 Å². The highest BCUT2D eigenvalue weighted by Gasteiger charge is 2.00. The minimum absolute atomic E-state index is 0. The second kappa shape index (κ2) is 4.58. The lowest BCUT2D eigenvalue weighted by Gasteiger charge is -2.06. The average molecular weight is 173 g/mol. The van der Waals surface area contributed by atoms with Crippen LogP contribution >= 0.6 is 0 Å². The Bertz CT molecular complexity index is 162. The zero-order chi connectivity index (χ0) is 7.49. The molecule has 0 saturated heterocycles. The molecular weight excluding hydrogens is 162 g/mol. The van der Waals surface area contributed by atoms with Crippen molar-refractivity contribution in [1.82, 2.24) is 6.15 Å². The smallest absolute Gasteiger partial charge is 0.152 e. The van der Waals surface area contributed by atoms with E-state index in [9.17, 15) is 13.0 Å². The number of aliphatic hydroxyl groups is 2. The molecule has 7 heteroatoms. The van der Waals surface area contributed by atoms with Gasteiger partial charge in [-0.1, -0.05) is 0 Å². The summed E-state index contributed by atoms with van der Waals surface area (Å²) in [5.41, 5.74) is 0. The standard InChI is InChI=1S/C3H8O5S.H3N/c4-3(5)1-2-9(6,7)8;/h3-5H,1-2H2,(H,6,7,8);1H3. The molecule has 0 unspecified atom stereocenters. The largest absolute Gasteiger partial charge is 0.748 e. The molecule has 64 valence electrons. The third-order valence-corrected chi connectivity index (χ3v) is 1.36. The van der Waals surface area contributed by atoms with Crippen molar-refractivity contribution in [2.45, 2.75) is 12.7 Å². The van der Waals surface area contributed by atoms with Crippen molar-refractivity contribution in [1.29, 1.82) is 0 Å². The fourth-order valence-corrected chi connectivity index (χ4v) is 0.749. The molecule has 0 saturated carbocycles. The third kappa shape index (κ3) is 10.7. The summed E-state index contributed by atoms with van der Waals surface area (Å²) >= 11 is 0. The second-order valence-corrected chi connectivity index (χ2v) is 3.05. The third-order valence-electron chi connectivity index (χ3n) is 0.626. The summed E-state index contributed by atoms with van der Waals surface area (Å²) in [7, 11) is -4.29. The Morgan fingerprint density at radius 2 is 1.80 bits per heavy atom. The van der Waals surface area contributed by atoms with Gasteiger partial charge in [-0.2, -0.15) is 0 Å². The fourth-order valence-electron chi connectivity index (χ4n) is 0.250. The fraction of sp³-hybridized carbons (Fsp3) is 1.00. The van der Waals surface area contributed by atoms with Crippen molar-refractivity contribution in [3.8, 4) is 0 Å². The van der Waals surface area contributed by atoms with E-state index in [0.29, 0.717) is 0 Å². The average Bonchev–Trinajstić information content (AvgIpc) is 1.59. The van der Waals surface area contributed by atoms with Gasteiger partial charge in [0.15, 0.2) is 6.29 Å². The van der Waals surface area contributed by atoms with Crippen LogP contribution in [0.2, 0.25) is 0 Å². The first-order chi connectivity index (χ1) is 3.92. The number of rotatable bonds is 3. The van der Waals surface area contributed by atoms with E-state index in [1.54, 1.807) is 0 Å². The zero-order valence-electron chi connectivity index (χ0n) is 5.52. The molecule has 0 spiro atoms. The molecule has 0 aromatic heterocycles. The van der Waals surface area contributed by atoms with Crippen LogP contribution in [0.4, 0.5) is 0 Å². The maximum absolute atomic E-state index is 9.76. The van der Waals surface area contributed by atoms with Crippen LogP contribution in [0, 0.1) is 0 Å². The normalized spacial score (nSPS) is 11.2. The van der Waals surface area contributed by atoms with Crippen molar-refractivity contribution in [3.05, 3.63) is 0 Å². The molecule has 0 atom stereocenters. The monoisotopic (exact) mass is 173 g/mol. The predicted molar refractivity (Wildman–Crippen MR) is 33.4 cm³/mol. The van der Waals surface area contributed by atoms with E-state index in [0.717, 1.165) is 0 Å². The molecule has 0 radical (unpaired) electrons. The molecule has 0 aliphatic rings. The molecule has 0 aromatic carbocycles. The van der Waals surface area contributed by atoms with Gasteiger partial charge in [0.2, 0.25) is 0 Å². The molecule has 0 aliphatic heterocycles. The first kappa shape index (κ1) is 12.5. The molecule has 0 rings (SSSR count). The van der Waals surface area contributed by atoms with Gasteiger partial charge in [0.25, 0.3) is 0 Å². The first-order valence-corrected chi connectivity index (χ1v) is 3.79. The molecule has 10 heavy (non-hydrogen) atoms. The van der Waals surface area contributed by atoms with Gasteiger partial charge in [0.05, 0.1) is 10.1 Å². The summed E-state index contributed by atoms with van der Waals surface area (Å²) in [5.74, 6) is -0.731. The van der Waals surface area contributed by atoms with Crippen LogP contribution in [-0.2, 0) is 10.1 Å². The Labute approximate surface area is 58.8 Å². The minimum atomic E-state index is -4.29. The maximum Gasteiger partial charge on any atom is 0.152 e. The van der Waals surface area contributed by atoms with E-state index < -0.39 is 28.6 Å². The van der Waals surface area contributed by atoms with Crippen LogP contribution in [0.5, 0.6) is 0 Å². The van der Waals surface area contributed by atoms with Crippen molar-refractivity contribution in [3.63, 3.8) is 0 Å². The number of hydrogen-bond acceptors (Lipinski definition) is 5. The lowest BCUT2D eigenvalue weighted by Crippen LogP contribution is -2.13. The van der Waals surface area contributed by atoms with Gasteiger partial charge in [0, 0.05) is 12.2 Å². The summed E-state index contributed by atoms with van der Waals surface area (Å²) in [4.78, 5) is 0. The van der Waals surface area contributed by atoms with Crippen LogP contribution in [0.15, 0.2) is 0 Å². The van der Waals surface area contributed by atoms with Crippen molar-refractivity contribution < 1.29 is 23.2 Å². The molecule has 0 aliphatic carbocycles. The molecule has 0 aromatic rings. The van der Waals surface area contributed by atoms with Crippen molar-refractivity contribution in [2.75, 3.05) is 5.75 Å². The lowest BCUT2D eigenvalue weighted by molar-refractivity contribution is -0.0410. The summed E-state index contributed by atoms with van der Waals surface area (Å²) in [6, 6.07) is 0. The first-order valence-electron chi connectivity index (χ1n) is 2.21. The van der Waals surface area contributed by atoms with E-state index >= 15 is 0 Å². The number of quaternary nitrogens is 1. The number of aliphatic hydroxyl groups excluding tert-OH is 1. The predicted octanol–water partition coefficient (Wildman–Crippen LogP) is -1.39. The molecule has 6 N–H and O–H groups in total. The molecule has 0 fully saturated rings. The summed E-state index contributed by atoms with van der Waals surface area (Å²) in [6.07, 6.45) is -2.14. The Hall–Kier alpha value is -0.210. The van der Waals surface area contributed by atoms with E-state index in [1.807, 2.05) is 0 Å². The molecule has 6 nitrogen and oxygen atoms in total. The second-order valence-electron chi connectivity index (χ2n) is 1.53. The van der Waals surface area contributed by atoms with Gasteiger partial charge in [-0.15, -0.1) is 0 Å². The van der Waals surface area contributed by atoms with Crippen molar-refractivity contribution >= 4 is 10.1 Å². The highest BCUT2D eigenvalue weighted by Crippen LogP contribution is 1.90. The Balaban J connectivity index is 0. The number of hydrogen-bond donors (Lipinski definition) is 3. The highest BCUT2D eigenvalue weighted by molar-refractivity contribution is 7.85. The van der Waals surface area contributed by atoms with E-state index in [1.165, 1.54) is 0 Å². The Morgan fingerprint density at radius 3 is 1.90 bits per heavy atom. The lowest BCUT2D eigenvalue weighted by atomic mass is 10.5. The zero-order valence-corrected chi connectivity index (χ0v) is 6.34. The van der Waals surface area contributed by atoms with Crippen molar-refractivity contribution in [2.24, 2.45) is 0 Å². The summed E-state index contributed by atoms with van der Waals surface area (Å²) < 4.78 is 29.3. The van der Waals surface area contributed by atoms with Crippen LogP contribution < -0.4 is 6.15 Å². The van der Waals surface area contributed by atoms with Gasteiger partial charge in [-0.3, -0.25) is 0 Å². The quantitative estimate of drug-likeness (QED) is 0.356. The maximum atomic E-state index is 9.76. The van der Waals surface area contributed by atoms with Gasteiger partial charge in [-0.05, 0) is 0 Å². The van der Waals surface area contributed by atoms with E-state index in [2.05, 4.69) is 0 Å². The van der Waals surface area contributed by atoms with E-state index in [4.69, 9.17) is 10.2 Å². The van der Waals surface area contributed by atoms with Crippen LogP contribution in [0.1, 0.15) is 6.42 Å². The SMILES string of the molecule is O=S(=O)([O-])CCC(O)O.[NH4+].